The van der Waals surface area contributed by atoms with E-state index >= 15 is 0 Å². The number of hydrogen-bond donors (Lipinski definition) is 1. The van der Waals surface area contributed by atoms with Gasteiger partial charge in [-0.3, -0.25) is 9.80 Å². The predicted octanol–water partition coefficient (Wildman–Crippen LogP) is 5.42. The number of rotatable bonds is 6. The minimum atomic E-state index is -0.390. The fraction of sp³-hybridized carbons (Fsp3) is 0.308. The average molecular weight is 598 g/mol. The van der Waals surface area contributed by atoms with E-state index in [0.29, 0.717) is 6.54 Å². The van der Waals surface area contributed by atoms with E-state index in [0.717, 1.165) is 39.3 Å². The van der Waals surface area contributed by atoms with Gasteiger partial charge in [0.25, 0.3) is 0 Å². The van der Waals surface area contributed by atoms with Crippen molar-refractivity contribution in [2.45, 2.75) is 19.2 Å². The van der Waals surface area contributed by atoms with Crippen molar-refractivity contribution in [2.24, 2.45) is 0 Å². The minimum Gasteiger partial charge on any atom is -0.390 e. The first-order chi connectivity index (χ1) is 15.2. The molecule has 1 unspecified atom stereocenters. The first kappa shape index (κ1) is 26.3. The lowest BCUT2D eigenvalue weighted by molar-refractivity contribution is 0.0634. The molecule has 1 aromatic heterocycles. The number of benzene rings is 3. The van der Waals surface area contributed by atoms with Gasteiger partial charge in [0.1, 0.15) is 0 Å². The van der Waals surface area contributed by atoms with Crippen molar-refractivity contribution < 1.29 is 5.11 Å². The summed E-state index contributed by atoms with van der Waals surface area (Å²) in [6, 6.07) is 25.8. The maximum absolute atomic E-state index is 11.0. The topological polar surface area (TPSA) is 31.6 Å². The molecule has 1 aliphatic rings. The van der Waals surface area contributed by atoms with Crippen molar-refractivity contribution >= 4 is 69.2 Å². The van der Waals surface area contributed by atoms with Crippen molar-refractivity contribution in [1.29, 1.82) is 0 Å². The van der Waals surface area contributed by atoms with E-state index in [4.69, 9.17) is 0 Å². The zero-order valence-corrected chi connectivity index (χ0v) is 22.2. The number of piperazine rings is 1. The van der Waals surface area contributed by atoms with Gasteiger partial charge < -0.3 is 9.67 Å². The first-order valence-corrected chi connectivity index (χ1v) is 12.1. The molecule has 2 heterocycles. The number of halogens is 3. The average Bonchev–Trinajstić information content (AvgIpc) is 3.09. The molecule has 4 nitrogen and oxygen atoms in total. The Bertz CT molecular complexity index is 1180. The second-order valence-electron chi connectivity index (χ2n) is 8.51. The summed E-state index contributed by atoms with van der Waals surface area (Å²) in [6.07, 6.45) is -0.390. The van der Waals surface area contributed by atoms with Crippen LogP contribution in [0.1, 0.15) is 5.56 Å². The lowest BCUT2D eigenvalue weighted by atomic mass is 10.2. The maximum atomic E-state index is 11.0. The molecule has 1 atom stereocenters. The number of fused-ring (bicyclic) bond motifs is 3. The third kappa shape index (κ3) is 6.02. The molecule has 0 saturated carbocycles. The molecular weight excluding hydrogens is 568 g/mol. The molecule has 1 saturated heterocycles. The largest absolute Gasteiger partial charge is 0.390 e. The van der Waals surface area contributed by atoms with Gasteiger partial charge in [-0.15, -0.1) is 24.8 Å². The van der Waals surface area contributed by atoms with Gasteiger partial charge in [0.15, 0.2) is 0 Å². The molecule has 1 fully saturated rings. The van der Waals surface area contributed by atoms with Crippen LogP contribution in [0.25, 0.3) is 21.8 Å². The van der Waals surface area contributed by atoms with Crippen LogP contribution in [0.2, 0.25) is 0 Å². The number of β-amino-alcohol motifs (C(OH)–C–C–N with tert-alkyl or cyclic N) is 1. The molecule has 0 aliphatic carbocycles. The van der Waals surface area contributed by atoms with Gasteiger partial charge in [-0.2, -0.15) is 0 Å². The van der Waals surface area contributed by atoms with Crippen molar-refractivity contribution in [3.05, 3.63) is 81.9 Å². The summed E-state index contributed by atoms with van der Waals surface area (Å²) in [4.78, 5) is 4.91. The molecular formula is C26H30Cl2IN3O. The van der Waals surface area contributed by atoms with Crippen molar-refractivity contribution in [2.75, 3.05) is 32.7 Å². The molecule has 0 bridgehead atoms. The van der Waals surface area contributed by atoms with Crippen LogP contribution >= 0.6 is 47.4 Å². The van der Waals surface area contributed by atoms with Gasteiger partial charge in [-0.05, 0) is 52.4 Å². The van der Waals surface area contributed by atoms with E-state index in [-0.39, 0.29) is 30.9 Å². The second kappa shape index (κ2) is 11.9. The van der Waals surface area contributed by atoms with Crippen molar-refractivity contribution in [1.82, 2.24) is 14.4 Å². The lowest BCUT2D eigenvalue weighted by Gasteiger charge is -2.35. The Morgan fingerprint density at radius 3 is 2.12 bits per heavy atom. The molecule has 3 aromatic carbocycles. The summed E-state index contributed by atoms with van der Waals surface area (Å²) in [5.74, 6) is 0. The first-order valence-electron chi connectivity index (χ1n) is 11.0. The number of aliphatic hydroxyl groups excluding tert-OH is 1. The van der Waals surface area contributed by atoms with Gasteiger partial charge >= 0.3 is 0 Å². The Labute approximate surface area is 221 Å². The lowest BCUT2D eigenvalue weighted by Crippen LogP contribution is -2.48. The van der Waals surface area contributed by atoms with Crippen LogP contribution in [0.4, 0.5) is 0 Å². The SMILES string of the molecule is Cl.Cl.OC(CN1CCN(Cc2ccccc2)CC1)Cn1c2ccccc2c2cc(I)ccc21. The highest BCUT2D eigenvalue weighted by atomic mass is 127. The van der Waals surface area contributed by atoms with Gasteiger partial charge in [0.05, 0.1) is 12.6 Å². The zero-order chi connectivity index (χ0) is 21.2. The van der Waals surface area contributed by atoms with Crippen LogP contribution in [0, 0.1) is 3.57 Å². The van der Waals surface area contributed by atoms with Crippen LogP contribution in [0.15, 0.2) is 72.8 Å². The maximum Gasteiger partial charge on any atom is 0.0845 e. The fourth-order valence-electron chi connectivity index (χ4n) is 4.76. The van der Waals surface area contributed by atoms with Crippen LogP contribution in [0.3, 0.4) is 0 Å². The molecule has 176 valence electrons. The van der Waals surface area contributed by atoms with Gasteiger partial charge in [0.2, 0.25) is 0 Å². The number of aliphatic hydroxyl groups is 1. The molecule has 0 amide bonds. The van der Waals surface area contributed by atoms with Gasteiger partial charge in [-0.25, -0.2) is 0 Å². The smallest absolute Gasteiger partial charge is 0.0845 e. The highest BCUT2D eigenvalue weighted by Gasteiger charge is 2.20. The van der Waals surface area contributed by atoms with Gasteiger partial charge in [-0.1, -0.05) is 48.5 Å². The van der Waals surface area contributed by atoms with Crippen molar-refractivity contribution in [3.63, 3.8) is 0 Å². The van der Waals surface area contributed by atoms with E-state index in [1.165, 1.54) is 30.9 Å². The molecule has 33 heavy (non-hydrogen) atoms. The van der Waals surface area contributed by atoms with Crippen LogP contribution in [0.5, 0.6) is 0 Å². The number of para-hydroxylation sites is 1. The minimum absolute atomic E-state index is 0. The van der Waals surface area contributed by atoms with E-state index in [1.54, 1.807) is 0 Å². The number of hydrogen-bond acceptors (Lipinski definition) is 3. The standard InChI is InChI=1S/C26H28IN3O.2ClH/c27-21-10-11-26-24(16-21)23-8-4-5-9-25(23)30(26)19-22(31)18-29-14-12-28(13-15-29)17-20-6-2-1-3-7-20;;/h1-11,16,22,31H,12-15,17-19H2;2*1H. The molecule has 4 aromatic rings. The second-order valence-corrected chi connectivity index (χ2v) is 9.75. The highest BCUT2D eigenvalue weighted by molar-refractivity contribution is 14.1. The molecule has 5 rings (SSSR count). The monoisotopic (exact) mass is 597 g/mol. The third-order valence-corrected chi connectivity index (χ3v) is 6.98. The molecule has 0 spiro atoms. The quantitative estimate of drug-likeness (QED) is 0.301. The summed E-state index contributed by atoms with van der Waals surface area (Å²) in [5.41, 5.74) is 3.77. The Balaban J connectivity index is 0.00000153. The highest BCUT2D eigenvalue weighted by Crippen LogP contribution is 2.30. The zero-order valence-electron chi connectivity index (χ0n) is 18.4. The molecule has 1 aliphatic heterocycles. The normalized spacial score (nSPS) is 15.8. The Morgan fingerprint density at radius 1 is 0.727 bits per heavy atom. The van der Waals surface area contributed by atoms with Gasteiger partial charge in [0, 0.05) is 64.6 Å². The summed E-state index contributed by atoms with van der Waals surface area (Å²) in [5, 5.41) is 13.5. The summed E-state index contributed by atoms with van der Waals surface area (Å²) >= 11 is 2.37. The predicted molar refractivity (Wildman–Crippen MR) is 151 cm³/mol. The Kier molecular flexibility index (Phi) is 9.44. The molecule has 7 heteroatoms. The van der Waals surface area contributed by atoms with E-state index < -0.39 is 0 Å². The third-order valence-electron chi connectivity index (χ3n) is 6.31. The summed E-state index contributed by atoms with van der Waals surface area (Å²) < 4.78 is 3.53. The van der Waals surface area contributed by atoms with Crippen LogP contribution < -0.4 is 0 Å². The molecule has 1 N–H and O–H groups in total. The van der Waals surface area contributed by atoms with E-state index in [2.05, 4.69) is 110 Å². The summed E-state index contributed by atoms with van der Waals surface area (Å²) in [7, 11) is 0. The number of nitrogens with zero attached hydrogens (tertiary/aromatic N) is 3. The fourth-order valence-corrected chi connectivity index (χ4v) is 5.25. The van der Waals surface area contributed by atoms with Crippen molar-refractivity contribution in [3.8, 4) is 0 Å². The summed E-state index contributed by atoms with van der Waals surface area (Å²) in [6.45, 7) is 6.47. The van der Waals surface area contributed by atoms with E-state index in [9.17, 15) is 5.11 Å². The Hall–Kier alpha value is -1.35. The molecule has 0 radical (unpaired) electrons. The Morgan fingerprint density at radius 2 is 1.36 bits per heavy atom. The number of aromatic nitrogens is 1. The van der Waals surface area contributed by atoms with Crippen LogP contribution in [-0.2, 0) is 13.1 Å². The van der Waals surface area contributed by atoms with Crippen LogP contribution in [-0.4, -0.2) is 58.3 Å². The van der Waals surface area contributed by atoms with E-state index in [1.807, 2.05) is 0 Å².